The van der Waals surface area contributed by atoms with Crippen molar-refractivity contribution in [2.45, 2.75) is 37.9 Å². The molecule has 29 heavy (non-hydrogen) atoms. The fourth-order valence-corrected chi connectivity index (χ4v) is 4.42. The van der Waals surface area contributed by atoms with Gasteiger partial charge in [0.15, 0.2) is 0 Å². The summed E-state index contributed by atoms with van der Waals surface area (Å²) in [6.07, 6.45) is -1.12. The normalized spacial score (nSPS) is 20.1. The second kappa shape index (κ2) is 7.52. The Bertz CT molecular complexity index is 893. The molecule has 4 rings (SSSR count). The maximum absolute atomic E-state index is 12.8. The molecule has 2 aromatic rings. The molecule has 0 radical (unpaired) electrons. The van der Waals surface area contributed by atoms with Crippen molar-refractivity contribution < 1.29 is 24.2 Å². The molecule has 1 saturated heterocycles. The van der Waals surface area contributed by atoms with Gasteiger partial charge in [0.1, 0.15) is 6.61 Å². The topological polar surface area (TPSA) is 76.1 Å². The molecule has 6 nitrogen and oxygen atoms in total. The molecule has 1 aliphatic heterocycles. The first kappa shape index (κ1) is 19.5. The number of ether oxygens (including phenoxy) is 2. The summed E-state index contributed by atoms with van der Waals surface area (Å²) < 4.78 is 11.5. The van der Waals surface area contributed by atoms with Crippen LogP contribution >= 0.6 is 0 Å². The molecule has 1 amide bonds. The fourth-order valence-electron chi connectivity index (χ4n) is 4.42. The van der Waals surface area contributed by atoms with Gasteiger partial charge in [-0.15, -0.1) is 0 Å². The number of hydrogen-bond donors (Lipinski definition) is 1. The third-order valence-electron chi connectivity index (χ3n) is 5.48. The van der Waals surface area contributed by atoms with Crippen molar-refractivity contribution in [2.24, 2.45) is 0 Å². The molecule has 0 spiro atoms. The third-order valence-corrected chi connectivity index (χ3v) is 5.48. The van der Waals surface area contributed by atoms with Gasteiger partial charge in [-0.05, 0) is 36.1 Å². The second-order valence-electron chi connectivity index (χ2n) is 8.28. The molecular weight excluding hydrogens is 370 g/mol. The number of carbonyl (C=O) groups is 2. The molecule has 1 atom stereocenters. The van der Waals surface area contributed by atoms with Crippen molar-refractivity contribution in [3.8, 4) is 11.1 Å². The molecular formula is C23H25NO5. The Morgan fingerprint density at radius 3 is 2.28 bits per heavy atom. The van der Waals surface area contributed by atoms with Gasteiger partial charge in [0.05, 0.1) is 31.2 Å². The van der Waals surface area contributed by atoms with Crippen molar-refractivity contribution in [1.29, 1.82) is 0 Å². The zero-order valence-electron chi connectivity index (χ0n) is 16.6. The van der Waals surface area contributed by atoms with E-state index < -0.39 is 23.8 Å². The molecule has 1 fully saturated rings. The first-order chi connectivity index (χ1) is 13.8. The van der Waals surface area contributed by atoms with Crippen molar-refractivity contribution in [1.82, 2.24) is 4.90 Å². The number of carboxylic acids is 1. The van der Waals surface area contributed by atoms with Gasteiger partial charge in [-0.25, -0.2) is 4.79 Å². The number of benzene rings is 2. The Kier molecular flexibility index (Phi) is 5.04. The highest BCUT2D eigenvalue weighted by molar-refractivity contribution is 5.79. The van der Waals surface area contributed by atoms with Gasteiger partial charge < -0.3 is 19.5 Å². The summed E-state index contributed by atoms with van der Waals surface area (Å²) in [6, 6.07) is 16.4. The lowest BCUT2D eigenvalue weighted by molar-refractivity contribution is -0.155. The van der Waals surface area contributed by atoms with E-state index in [-0.39, 0.29) is 25.5 Å². The number of nitrogens with zero attached hydrogens (tertiary/aromatic N) is 1. The minimum absolute atomic E-state index is 0.00443. The van der Waals surface area contributed by atoms with Gasteiger partial charge in [-0.1, -0.05) is 48.5 Å². The quantitative estimate of drug-likeness (QED) is 0.850. The fraction of sp³-hybridized carbons (Fsp3) is 0.391. The van der Waals surface area contributed by atoms with Crippen LogP contribution < -0.4 is 0 Å². The SMILES string of the molecule is CC1(C)CN(C(=O)OCC2c3ccccc3-c3ccccc32)CC(CC(=O)O)O1. The van der Waals surface area contributed by atoms with Crippen molar-refractivity contribution >= 4 is 12.1 Å². The predicted octanol–water partition coefficient (Wildman–Crippen LogP) is 3.89. The van der Waals surface area contributed by atoms with E-state index in [4.69, 9.17) is 14.6 Å². The lowest BCUT2D eigenvalue weighted by Gasteiger charge is -2.41. The Labute approximate surface area is 170 Å². The van der Waals surface area contributed by atoms with Gasteiger partial charge in [-0.3, -0.25) is 4.79 Å². The molecule has 1 N–H and O–H groups in total. The Balaban J connectivity index is 1.48. The van der Waals surface area contributed by atoms with Gasteiger partial charge in [0, 0.05) is 5.92 Å². The average molecular weight is 395 g/mol. The largest absolute Gasteiger partial charge is 0.481 e. The monoisotopic (exact) mass is 395 g/mol. The molecule has 1 heterocycles. The summed E-state index contributed by atoms with van der Waals surface area (Å²) in [7, 11) is 0. The van der Waals surface area contributed by atoms with Gasteiger partial charge in [0.25, 0.3) is 0 Å². The molecule has 152 valence electrons. The summed E-state index contributed by atoms with van der Waals surface area (Å²) in [5.41, 5.74) is 4.06. The van der Waals surface area contributed by atoms with Crippen molar-refractivity contribution in [3.05, 3.63) is 59.7 Å². The highest BCUT2D eigenvalue weighted by Crippen LogP contribution is 2.44. The van der Waals surface area contributed by atoms with E-state index in [1.54, 1.807) is 4.90 Å². The number of carboxylic acid groups (broad SMARTS) is 1. The van der Waals surface area contributed by atoms with E-state index in [2.05, 4.69) is 24.3 Å². The van der Waals surface area contributed by atoms with Crippen LogP contribution in [-0.2, 0) is 14.3 Å². The number of amides is 1. The molecule has 0 saturated carbocycles. The van der Waals surface area contributed by atoms with Crippen LogP contribution in [0.25, 0.3) is 11.1 Å². The zero-order chi connectivity index (χ0) is 20.6. The van der Waals surface area contributed by atoms with Crippen LogP contribution in [0.5, 0.6) is 0 Å². The average Bonchev–Trinajstić information content (AvgIpc) is 2.98. The minimum atomic E-state index is -0.944. The Morgan fingerprint density at radius 1 is 1.10 bits per heavy atom. The molecule has 0 bridgehead atoms. The van der Waals surface area contributed by atoms with Gasteiger partial charge >= 0.3 is 12.1 Å². The standard InChI is InChI=1S/C23H25NO5/c1-23(2)14-24(12-15(29-23)11-21(25)26)22(27)28-13-20-18-9-5-3-7-16(18)17-8-4-6-10-19(17)20/h3-10,15,20H,11-14H2,1-2H3,(H,25,26). The lowest BCUT2D eigenvalue weighted by atomic mass is 9.98. The second-order valence-corrected chi connectivity index (χ2v) is 8.28. The van der Waals surface area contributed by atoms with Gasteiger partial charge in [0.2, 0.25) is 0 Å². The maximum Gasteiger partial charge on any atom is 0.409 e. The first-order valence-electron chi connectivity index (χ1n) is 9.83. The zero-order valence-corrected chi connectivity index (χ0v) is 16.6. The van der Waals surface area contributed by atoms with Crippen LogP contribution in [-0.4, -0.2) is 53.5 Å². The molecule has 0 aromatic heterocycles. The van der Waals surface area contributed by atoms with E-state index in [1.165, 1.54) is 11.1 Å². The van der Waals surface area contributed by atoms with Crippen LogP contribution in [0.15, 0.2) is 48.5 Å². The lowest BCUT2D eigenvalue weighted by Crippen LogP contribution is -2.55. The molecule has 2 aliphatic rings. The van der Waals surface area contributed by atoms with E-state index in [0.717, 1.165) is 11.1 Å². The summed E-state index contributed by atoms with van der Waals surface area (Å²) in [5.74, 6) is -0.949. The molecule has 1 aliphatic carbocycles. The van der Waals surface area contributed by atoms with Crippen LogP contribution in [0.4, 0.5) is 4.79 Å². The predicted molar refractivity (Wildman–Crippen MR) is 108 cm³/mol. The maximum atomic E-state index is 12.8. The van der Waals surface area contributed by atoms with E-state index in [1.807, 2.05) is 38.1 Å². The first-order valence-corrected chi connectivity index (χ1v) is 9.83. The molecule has 6 heteroatoms. The van der Waals surface area contributed by atoms with Crippen LogP contribution in [0.1, 0.15) is 37.3 Å². The van der Waals surface area contributed by atoms with Crippen molar-refractivity contribution in [2.75, 3.05) is 19.7 Å². The number of rotatable bonds is 4. The number of fused-ring (bicyclic) bond motifs is 3. The van der Waals surface area contributed by atoms with Crippen LogP contribution in [0.3, 0.4) is 0 Å². The van der Waals surface area contributed by atoms with Gasteiger partial charge in [-0.2, -0.15) is 0 Å². The Hall–Kier alpha value is -2.86. The number of aliphatic carboxylic acids is 1. The van der Waals surface area contributed by atoms with Crippen LogP contribution in [0.2, 0.25) is 0 Å². The highest BCUT2D eigenvalue weighted by Gasteiger charge is 2.38. The Morgan fingerprint density at radius 2 is 1.69 bits per heavy atom. The minimum Gasteiger partial charge on any atom is -0.481 e. The van der Waals surface area contributed by atoms with E-state index in [0.29, 0.717) is 6.54 Å². The smallest absolute Gasteiger partial charge is 0.409 e. The number of morpholine rings is 1. The molecule has 1 unspecified atom stereocenters. The van der Waals surface area contributed by atoms with Crippen molar-refractivity contribution in [3.63, 3.8) is 0 Å². The third kappa shape index (κ3) is 3.98. The summed E-state index contributed by atoms with van der Waals surface area (Å²) in [5, 5.41) is 9.08. The number of carbonyl (C=O) groups excluding carboxylic acids is 1. The van der Waals surface area contributed by atoms with E-state index >= 15 is 0 Å². The summed E-state index contributed by atoms with van der Waals surface area (Å²) >= 11 is 0. The summed E-state index contributed by atoms with van der Waals surface area (Å²) in [6.45, 7) is 4.52. The summed E-state index contributed by atoms with van der Waals surface area (Å²) in [4.78, 5) is 25.4. The highest BCUT2D eigenvalue weighted by atomic mass is 16.6. The molecule has 2 aromatic carbocycles. The van der Waals surface area contributed by atoms with E-state index in [9.17, 15) is 9.59 Å². The van der Waals surface area contributed by atoms with Crippen LogP contribution in [0, 0.1) is 0 Å². The number of hydrogen-bond acceptors (Lipinski definition) is 4.